The highest BCUT2D eigenvalue weighted by atomic mass is 35.5. The third-order valence-electron chi connectivity index (χ3n) is 3.17. The molecule has 2 aliphatic heterocycles. The third kappa shape index (κ3) is 2.42. The van der Waals surface area contributed by atoms with Crippen molar-refractivity contribution in [3.63, 3.8) is 0 Å². The van der Waals surface area contributed by atoms with Crippen LogP contribution in [0.25, 0.3) is 0 Å². The minimum absolute atomic E-state index is 0.294. The molecule has 1 aromatic rings. The van der Waals surface area contributed by atoms with E-state index in [9.17, 15) is 0 Å². The molecule has 98 valence electrons. The number of hydrogen-bond donors (Lipinski definition) is 1. The Morgan fingerprint density at radius 3 is 3.00 bits per heavy atom. The zero-order valence-electron chi connectivity index (χ0n) is 10.2. The van der Waals surface area contributed by atoms with Gasteiger partial charge in [-0.2, -0.15) is 0 Å². The first-order valence-electron chi connectivity index (χ1n) is 6.22. The molecule has 2 unspecified atom stereocenters. The predicted octanol–water partition coefficient (Wildman–Crippen LogP) is 3.22. The summed E-state index contributed by atoms with van der Waals surface area (Å²) in [6.07, 6.45) is 1.21. The van der Waals surface area contributed by atoms with Crippen LogP contribution in [-0.2, 0) is 0 Å². The minimum atomic E-state index is 0.294. The van der Waals surface area contributed by atoms with Gasteiger partial charge in [0, 0.05) is 5.25 Å². The van der Waals surface area contributed by atoms with E-state index in [2.05, 4.69) is 12.2 Å². The fraction of sp³-hybridized carbons (Fsp3) is 0.538. The molecule has 2 aliphatic rings. The van der Waals surface area contributed by atoms with Crippen LogP contribution >= 0.6 is 23.4 Å². The van der Waals surface area contributed by atoms with Crippen LogP contribution in [0.3, 0.4) is 0 Å². The summed E-state index contributed by atoms with van der Waals surface area (Å²) in [5.41, 5.74) is 1.17. The number of ether oxygens (including phenoxy) is 2. The van der Waals surface area contributed by atoms with Gasteiger partial charge in [0.05, 0.1) is 10.4 Å². The Bertz CT molecular complexity index is 455. The highest BCUT2D eigenvalue weighted by Crippen LogP contribution is 2.43. The SMILES string of the molecule is CC1CCNC(c2cc(Cl)c3c(c2)OCCO3)S1. The molecule has 0 saturated carbocycles. The predicted molar refractivity (Wildman–Crippen MR) is 74.9 cm³/mol. The van der Waals surface area contributed by atoms with Gasteiger partial charge in [-0.25, -0.2) is 0 Å². The van der Waals surface area contributed by atoms with Crippen molar-refractivity contribution in [2.24, 2.45) is 0 Å². The van der Waals surface area contributed by atoms with E-state index in [-0.39, 0.29) is 0 Å². The molecule has 2 atom stereocenters. The highest BCUT2D eigenvalue weighted by Gasteiger charge is 2.24. The number of rotatable bonds is 1. The number of benzene rings is 1. The van der Waals surface area contributed by atoms with Crippen molar-refractivity contribution in [2.75, 3.05) is 19.8 Å². The van der Waals surface area contributed by atoms with Gasteiger partial charge >= 0.3 is 0 Å². The molecule has 0 aliphatic carbocycles. The van der Waals surface area contributed by atoms with Crippen LogP contribution in [-0.4, -0.2) is 25.0 Å². The first-order valence-corrected chi connectivity index (χ1v) is 7.54. The van der Waals surface area contributed by atoms with E-state index in [1.54, 1.807) is 0 Å². The summed E-state index contributed by atoms with van der Waals surface area (Å²) in [6, 6.07) is 4.03. The van der Waals surface area contributed by atoms with E-state index >= 15 is 0 Å². The number of nitrogens with one attached hydrogen (secondary N) is 1. The first-order chi connectivity index (χ1) is 8.74. The molecule has 5 heteroatoms. The van der Waals surface area contributed by atoms with E-state index in [1.165, 1.54) is 12.0 Å². The smallest absolute Gasteiger partial charge is 0.179 e. The van der Waals surface area contributed by atoms with Gasteiger partial charge in [-0.1, -0.05) is 18.5 Å². The van der Waals surface area contributed by atoms with Crippen molar-refractivity contribution in [1.29, 1.82) is 0 Å². The molecular weight excluding hydrogens is 270 g/mol. The largest absolute Gasteiger partial charge is 0.486 e. The second kappa shape index (κ2) is 5.19. The second-order valence-electron chi connectivity index (χ2n) is 4.60. The number of halogens is 1. The van der Waals surface area contributed by atoms with Gasteiger partial charge in [-0.3, -0.25) is 0 Å². The Kier molecular flexibility index (Phi) is 3.59. The lowest BCUT2D eigenvalue weighted by molar-refractivity contribution is 0.171. The quantitative estimate of drug-likeness (QED) is 0.858. The Morgan fingerprint density at radius 2 is 2.17 bits per heavy atom. The Hall–Kier alpha value is -0.580. The molecule has 3 rings (SSSR count). The summed E-state index contributed by atoms with van der Waals surface area (Å²) in [4.78, 5) is 0. The summed E-state index contributed by atoms with van der Waals surface area (Å²) in [5, 5.41) is 5.11. The number of thioether (sulfide) groups is 1. The monoisotopic (exact) mass is 285 g/mol. The minimum Gasteiger partial charge on any atom is -0.486 e. The summed E-state index contributed by atoms with van der Waals surface area (Å²) in [6.45, 7) is 4.47. The highest BCUT2D eigenvalue weighted by molar-refractivity contribution is 8.00. The van der Waals surface area contributed by atoms with E-state index in [1.807, 2.05) is 23.9 Å². The maximum absolute atomic E-state index is 6.26. The van der Waals surface area contributed by atoms with Crippen LogP contribution < -0.4 is 14.8 Å². The van der Waals surface area contributed by atoms with E-state index in [0.29, 0.717) is 34.6 Å². The van der Waals surface area contributed by atoms with E-state index in [4.69, 9.17) is 21.1 Å². The lowest BCUT2D eigenvalue weighted by Gasteiger charge is -2.29. The standard InChI is InChI=1S/C13H16ClNO2S/c1-8-2-3-15-13(18-8)9-6-10(14)12-11(7-9)16-4-5-17-12/h6-8,13,15H,2-5H2,1H3. The molecule has 1 fully saturated rings. The van der Waals surface area contributed by atoms with Gasteiger partial charge in [0.25, 0.3) is 0 Å². The maximum atomic E-state index is 6.26. The van der Waals surface area contributed by atoms with Gasteiger partial charge in [-0.15, -0.1) is 11.8 Å². The fourth-order valence-electron chi connectivity index (χ4n) is 2.24. The van der Waals surface area contributed by atoms with E-state index < -0.39 is 0 Å². The number of hydrogen-bond acceptors (Lipinski definition) is 4. The lowest BCUT2D eigenvalue weighted by Crippen LogP contribution is -2.29. The van der Waals surface area contributed by atoms with Crippen LogP contribution in [0.2, 0.25) is 5.02 Å². The normalized spacial score (nSPS) is 27.0. The maximum Gasteiger partial charge on any atom is 0.179 e. The number of fused-ring (bicyclic) bond motifs is 1. The Balaban J connectivity index is 1.90. The zero-order valence-corrected chi connectivity index (χ0v) is 11.8. The summed E-state index contributed by atoms with van der Waals surface area (Å²) < 4.78 is 11.1. The summed E-state index contributed by atoms with van der Waals surface area (Å²) >= 11 is 8.19. The first kappa shape index (κ1) is 12.5. The Morgan fingerprint density at radius 1 is 1.33 bits per heavy atom. The fourth-order valence-corrected chi connectivity index (χ4v) is 3.74. The summed E-state index contributed by atoms with van der Waals surface area (Å²) in [5.74, 6) is 1.45. The molecular formula is C13H16ClNO2S. The molecule has 0 aromatic heterocycles. The summed E-state index contributed by atoms with van der Waals surface area (Å²) in [7, 11) is 0. The van der Waals surface area contributed by atoms with Gasteiger partial charge < -0.3 is 14.8 Å². The Labute approximate surface area is 116 Å². The van der Waals surface area contributed by atoms with Gasteiger partial charge in [0.2, 0.25) is 0 Å². The molecule has 0 bridgehead atoms. The van der Waals surface area contributed by atoms with Gasteiger partial charge in [0.15, 0.2) is 11.5 Å². The van der Waals surface area contributed by atoms with Crippen LogP contribution in [0.1, 0.15) is 24.3 Å². The average Bonchev–Trinajstić information content (AvgIpc) is 2.39. The van der Waals surface area contributed by atoms with E-state index in [0.717, 1.165) is 12.3 Å². The lowest BCUT2D eigenvalue weighted by atomic mass is 10.1. The molecule has 18 heavy (non-hydrogen) atoms. The molecule has 3 nitrogen and oxygen atoms in total. The molecule has 1 N–H and O–H groups in total. The van der Waals surface area contributed by atoms with Crippen LogP contribution in [0.4, 0.5) is 0 Å². The molecule has 1 aromatic carbocycles. The molecule has 0 amide bonds. The van der Waals surface area contributed by atoms with Crippen molar-refractivity contribution in [3.8, 4) is 11.5 Å². The topological polar surface area (TPSA) is 30.5 Å². The van der Waals surface area contributed by atoms with Crippen molar-refractivity contribution < 1.29 is 9.47 Å². The van der Waals surface area contributed by atoms with Crippen LogP contribution in [0, 0.1) is 0 Å². The van der Waals surface area contributed by atoms with Gasteiger partial charge in [-0.05, 0) is 30.7 Å². The molecule has 0 radical (unpaired) electrons. The van der Waals surface area contributed by atoms with Crippen LogP contribution in [0.15, 0.2) is 12.1 Å². The van der Waals surface area contributed by atoms with Crippen molar-refractivity contribution in [2.45, 2.75) is 24.0 Å². The van der Waals surface area contributed by atoms with Crippen molar-refractivity contribution >= 4 is 23.4 Å². The van der Waals surface area contributed by atoms with Crippen molar-refractivity contribution in [3.05, 3.63) is 22.7 Å². The molecule has 1 saturated heterocycles. The molecule has 2 heterocycles. The van der Waals surface area contributed by atoms with Crippen molar-refractivity contribution in [1.82, 2.24) is 5.32 Å². The second-order valence-corrected chi connectivity index (χ2v) is 6.55. The average molecular weight is 286 g/mol. The molecule has 0 spiro atoms. The van der Waals surface area contributed by atoms with Gasteiger partial charge in [0.1, 0.15) is 13.2 Å². The third-order valence-corrected chi connectivity index (χ3v) is 4.86. The van der Waals surface area contributed by atoms with Crippen LogP contribution in [0.5, 0.6) is 11.5 Å². The zero-order chi connectivity index (χ0) is 12.5.